The van der Waals surface area contributed by atoms with Gasteiger partial charge in [0.15, 0.2) is 0 Å². The first kappa shape index (κ1) is 15.9. The van der Waals surface area contributed by atoms with E-state index in [9.17, 15) is 0 Å². The molecule has 1 fully saturated rings. The van der Waals surface area contributed by atoms with Gasteiger partial charge in [-0.3, -0.25) is 4.90 Å². The molecule has 1 saturated heterocycles. The van der Waals surface area contributed by atoms with Crippen LogP contribution in [-0.4, -0.2) is 43.8 Å². The van der Waals surface area contributed by atoms with Crippen LogP contribution in [-0.2, 0) is 4.74 Å². The normalized spacial score (nSPS) is 26.7. The zero-order valence-corrected chi connectivity index (χ0v) is 13.0. The second-order valence-corrected chi connectivity index (χ2v) is 7.11. The first-order valence-electron chi connectivity index (χ1n) is 7.27. The largest absolute Gasteiger partial charge is 0.383 e. The molecule has 0 bridgehead atoms. The predicted molar refractivity (Wildman–Crippen MR) is 77.7 cm³/mol. The Morgan fingerprint density at radius 3 is 2.33 bits per heavy atom. The maximum atomic E-state index is 5.97. The Bertz CT molecular complexity index is 249. The van der Waals surface area contributed by atoms with E-state index in [-0.39, 0.29) is 5.54 Å². The van der Waals surface area contributed by atoms with Crippen molar-refractivity contribution in [2.45, 2.75) is 52.5 Å². The molecule has 0 aliphatic carbocycles. The van der Waals surface area contributed by atoms with Crippen molar-refractivity contribution >= 4 is 0 Å². The number of nitrogens with zero attached hydrogens (tertiary/aromatic N) is 1. The lowest BCUT2D eigenvalue weighted by atomic mass is 9.77. The maximum absolute atomic E-state index is 5.97. The Kier molecular flexibility index (Phi) is 5.63. The van der Waals surface area contributed by atoms with Crippen LogP contribution in [0.15, 0.2) is 0 Å². The van der Waals surface area contributed by atoms with Gasteiger partial charge in [-0.2, -0.15) is 0 Å². The summed E-state index contributed by atoms with van der Waals surface area (Å²) in [7, 11) is 1.77. The third kappa shape index (κ3) is 3.94. The van der Waals surface area contributed by atoms with Gasteiger partial charge in [0, 0.05) is 13.7 Å². The molecule has 0 saturated carbocycles. The molecule has 0 aromatic carbocycles. The molecule has 1 aliphatic rings. The fourth-order valence-electron chi connectivity index (χ4n) is 3.09. The summed E-state index contributed by atoms with van der Waals surface area (Å²) < 4.78 is 5.36. The molecular weight excluding hydrogens is 224 g/mol. The SMILES string of the molecule is COCC(C)(CN)N1CCCC(C(C)(C)C)CC1. The van der Waals surface area contributed by atoms with Crippen LogP contribution in [0, 0.1) is 11.3 Å². The highest BCUT2D eigenvalue weighted by Gasteiger charge is 2.34. The number of methoxy groups -OCH3 is 1. The standard InChI is InChI=1S/C15H32N2O/c1-14(2,3)13-7-6-9-17(10-8-13)15(4,11-16)12-18-5/h13H,6-12,16H2,1-5H3. The molecule has 1 rings (SSSR count). The highest BCUT2D eigenvalue weighted by molar-refractivity contribution is 4.90. The Morgan fingerprint density at radius 1 is 1.17 bits per heavy atom. The minimum Gasteiger partial charge on any atom is -0.383 e. The van der Waals surface area contributed by atoms with Crippen molar-refractivity contribution in [3.8, 4) is 0 Å². The monoisotopic (exact) mass is 256 g/mol. The molecule has 3 nitrogen and oxygen atoms in total. The molecule has 0 spiro atoms. The van der Waals surface area contributed by atoms with E-state index in [0.717, 1.165) is 25.6 Å². The second-order valence-electron chi connectivity index (χ2n) is 7.11. The minimum absolute atomic E-state index is 0.00151. The number of rotatable bonds is 4. The average Bonchev–Trinajstić information content (AvgIpc) is 2.54. The zero-order valence-electron chi connectivity index (χ0n) is 13.0. The summed E-state index contributed by atoms with van der Waals surface area (Å²) in [4.78, 5) is 2.54. The minimum atomic E-state index is 0.00151. The van der Waals surface area contributed by atoms with Gasteiger partial charge >= 0.3 is 0 Å². The van der Waals surface area contributed by atoms with E-state index in [1.807, 2.05) is 0 Å². The van der Waals surface area contributed by atoms with E-state index in [0.29, 0.717) is 12.0 Å². The Hall–Kier alpha value is -0.120. The second kappa shape index (κ2) is 6.36. The van der Waals surface area contributed by atoms with Crippen LogP contribution < -0.4 is 5.73 Å². The Balaban J connectivity index is 2.66. The van der Waals surface area contributed by atoms with E-state index < -0.39 is 0 Å². The van der Waals surface area contributed by atoms with Crippen LogP contribution in [0.3, 0.4) is 0 Å². The summed E-state index contributed by atoms with van der Waals surface area (Å²) in [6.07, 6.45) is 3.90. The lowest BCUT2D eigenvalue weighted by Gasteiger charge is -2.40. The Labute approximate surface area is 113 Å². The van der Waals surface area contributed by atoms with E-state index in [2.05, 4.69) is 32.6 Å². The maximum Gasteiger partial charge on any atom is 0.0656 e. The van der Waals surface area contributed by atoms with Crippen molar-refractivity contribution in [2.75, 3.05) is 33.4 Å². The quantitative estimate of drug-likeness (QED) is 0.840. The summed E-state index contributed by atoms with van der Waals surface area (Å²) in [6, 6.07) is 0. The van der Waals surface area contributed by atoms with Gasteiger partial charge in [-0.25, -0.2) is 0 Å². The summed E-state index contributed by atoms with van der Waals surface area (Å²) in [5, 5.41) is 0. The fraction of sp³-hybridized carbons (Fsp3) is 1.00. The van der Waals surface area contributed by atoms with Crippen LogP contribution in [0.2, 0.25) is 0 Å². The van der Waals surface area contributed by atoms with Crippen LogP contribution >= 0.6 is 0 Å². The zero-order chi connectivity index (χ0) is 13.8. The lowest BCUT2D eigenvalue weighted by molar-refractivity contribution is 0.0273. The van der Waals surface area contributed by atoms with Crippen LogP contribution in [0.25, 0.3) is 0 Å². The Morgan fingerprint density at radius 2 is 1.83 bits per heavy atom. The molecule has 3 heteroatoms. The van der Waals surface area contributed by atoms with Gasteiger partial charge in [0.1, 0.15) is 0 Å². The molecular formula is C15H32N2O. The predicted octanol–water partition coefficient (Wildman–Crippen LogP) is 2.50. The number of likely N-dealkylation sites (tertiary alicyclic amines) is 1. The average molecular weight is 256 g/mol. The first-order chi connectivity index (χ1) is 8.33. The smallest absolute Gasteiger partial charge is 0.0656 e. The molecule has 18 heavy (non-hydrogen) atoms. The van der Waals surface area contributed by atoms with Gasteiger partial charge in [-0.1, -0.05) is 20.8 Å². The molecule has 2 atom stereocenters. The van der Waals surface area contributed by atoms with Gasteiger partial charge in [0.05, 0.1) is 12.1 Å². The molecule has 1 aliphatic heterocycles. The molecule has 2 unspecified atom stereocenters. The summed E-state index contributed by atoms with van der Waals surface area (Å²) in [5.74, 6) is 0.826. The van der Waals surface area contributed by atoms with Gasteiger partial charge in [-0.15, -0.1) is 0 Å². The number of hydrogen-bond acceptors (Lipinski definition) is 3. The molecule has 2 N–H and O–H groups in total. The molecule has 0 radical (unpaired) electrons. The molecule has 0 aromatic heterocycles. The molecule has 0 amide bonds. The first-order valence-corrected chi connectivity index (χ1v) is 7.27. The van der Waals surface area contributed by atoms with E-state index >= 15 is 0 Å². The molecule has 108 valence electrons. The van der Waals surface area contributed by atoms with Crippen LogP contribution in [0.1, 0.15) is 47.0 Å². The summed E-state index contributed by atoms with van der Waals surface area (Å²) in [5.41, 5.74) is 6.40. The summed E-state index contributed by atoms with van der Waals surface area (Å²) >= 11 is 0. The fourth-order valence-corrected chi connectivity index (χ4v) is 3.09. The van der Waals surface area contributed by atoms with Gasteiger partial charge in [0.25, 0.3) is 0 Å². The highest BCUT2D eigenvalue weighted by atomic mass is 16.5. The van der Waals surface area contributed by atoms with Gasteiger partial charge in [-0.05, 0) is 50.6 Å². The number of hydrogen-bond donors (Lipinski definition) is 1. The molecule has 0 aromatic rings. The van der Waals surface area contributed by atoms with Gasteiger partial charge < -0.3 is 10.5 Å². The number of nitrogens with two attached hydrogens (primary N) is 1. The van der Waals surface area contributed by atoms with Crippen molar-refractivity contribution in [1.82, 2.24) is 4.90 Å². The van der Waals surface area contributed by atoms with E-state index in [1.165, 1.54) is 19.3 Å². The third-order valence-electron chi connectivity index (χ3n) is 4.61. The van der Waals surface area contributed by atoms with Crippen molar-refractivity contribution < 1.29 is 4.74 Å². The van der Waals surface area contributed by atoms with Crippen molar-refractivity contribution in [3.63, 3.8) is 0 Å². The van der Waals surface area contributed by atoms with E-state index in [1.54, 1.807) is 7.11 Å². The van der Waals surface area contributed by atoms with Crippen molar-refractivity contribution in [2.24, 2.45) is 17.1 Å². The van der Waals surface area contributed by atoms with Gasteiger partial charge in [0.2, 0.25) is 0 Å². The topological polar surface area (TPSA) is 38.5 Å². The lowest BCUT2D eigenvalue weighted by Crippen LogP contribution is -2.55. The van der Waals surface area contributed by atoms with E-state index in [4.69, 9.17) is 10.5 Å². The highest BCUT2D eigenvalue weighted by Crippen LogP contribution is 2.35. The van der Waals surface area contributed by atoms with Crippen LogP contribution in [0.4, 0.5) is 0 Å². The third-order valence-corrected chi connectivity index (χ3v) is 4.61. The van der Waals surface area contributed by atoms with Crippen molar-refractivity contribution in [1.29, 1.82) is 0 Å². The number of ether oxygens (including phenoxy) is 1. The van der Waals surface area contributed by atoms with Crippen LogP contribution in [0.5, 0.6) is 0 Å². The van der Waals surface area contributed by atoms with Crippen molar-refractivity contribution in [3.05, 3.63) is 0 Å². The summed E-state index contributed by atoms with van der Waals surface area (Å²) in [6.45, 7) is 13.0. The molecule has 1 heterocycles.